The molecule has 94 valence electrons. The van der Waals surface area contributed by atoms with Crippen molar-refractivity contribution in [2.24, 2.45) is 17.3 Å². The first-order valence-corrected chi connectivity index (χ1v) is 5.84. The van der Waals surface area contributed by atoms with Crippen LogP contribution in [0.5, 0.6) is 0 Å². The number of hydrogen-bond donors (Lipinski definition) is 1. The highest BCUT2D eigenvalue weighted by molar-refractivity contribution is 6.37. The Morgan fingerprint density at radius 3 is 1.88 bits per heavy atom. The van der Waals surface area contributed by atoms with Crippen molar-refractivity contribution in [3.8, 4) is 0 Å². The summed E-state index contributed by atoms with van der Waals surface area (Å²) in [6.07, 6.45) is -0.458. The lowest BCUT2D eigenvalue weighted by atomic mass is 9.76. The average molecular weight is 228 g/mol. The van der Waals surface area contributed by atoms with E-state index in [0.29, 0.717) is 0 Å². The predicted octanol–water partition coefficient (Wildman–Crippen LogP) is 2.21. The van der Waals surface area contributed by atoms with E-state index in [2.05, 4.69) is 0 Å². The molecule has 0 spiro atoms. The predicted molar refractivity (Wildman–Crippen MR) is 64.1 cm³/mol. The van der Waals surface area contributed by atoms with Crippen LogP contribution in [0.2, 0.25) is 0 Å². The lowest BCUT2D eigenvalue weighted by Gasteiger charge is -2.32. The molecule has 0 bridgehead atoms. The van der Waals surface area contributed by atoms with E-state index in [0.717, 1.165) is 0 Å². The Morgan fingerprint density at radius 2 is 1.56 bits per heavy atom. The summed E-state index contributed by atoms with van der Waals surface area (Å²) in [5.41, 5.74) is -0.546. The number of aliphatic hydroxyl groups is 1. The fourth-order valence-electron chi connectivity index (χ4n) is 1.83. The molecule has 0 aliphatic heterocycles. The van der Waals surface area contributed by atoms with Gasteiger partial charge in [-0.05, 0) is 11.3 Å². The molecule has 1 unspecified atom stereocenters. The van der Waals surface area contributed by atoms with Gasteiger partial charge in [0, 0.05) is 12.3 Å². The topological polar surface area (TPSA) is 54.4 Å². The molecule has 0 fully saturated rings. The number of carbonyl (C=O) groups excluding carboxylic acids is 2. The minimum Gasteiger partial charge on any atom is -0.392 e. The zero-order chi connectivity index (χ0) is 13.1. The molecule has 0 aromatic rings. The third kappa shape index (κ3) is 4.05. The molecule has 0 amide bonds. The quantitative estimate of drug-likeness (QED) is 0.709. The van der Waals surface area contributed by atoms with E-state index in [9.17, 15) is 14.7 Å². The van der Waals surface area contributed by atoms with E-state index in [1.165, 1.54) is 0 Å². The minimum atomic E-state index is -0.573. The van der Waals surface area contributed by atoms with Crippen molar-refractivity contribution in [3.05, 3.63) is 0 Å². The number of hydrogen-bond acceptors (Lipinski definition) is 3. The van der Waals surface area contributed by atoms with Gasteiger partial charge in [-0.2, -0.15) is 0 Å². The van der Waals surface area contributed by atoms with Crippen molar-refractivity contribution in [1.82, 2.24) is 0 Å². The average Bonchev–Trinajstić information content (AvgIpc) is 2.14. The number of rotatable bonds is 6. The van der Waals surface area contributed by atoms with E-state index in [1.807, 2.05) is 27.7 Å². The van der Waals surface area contributed by atoms with E-state index < -0.39 is 11.5 Å². The zero-order valence-corrected chi connectivity index (χ0v) is 11.2. The SMILES string of the molecule is CC(C)C(=O)C(=O)CC(C)(C)C(O)C(C)C. The highest BCUT2D eigenvalue weighted by Gasteiger charge is 2.34. The molecule has 0 heterocycles. The van der Waals surface area contributed by atoms with Gasteiger partial charge in [0.15, 0.2) is 5.78 Å². The van der Waals surface area contributed by atoms with Crippen molar-refractivity contribution in [1.29, 1.82) is 0 Å². The highest BCUT2D eigenvalue weighted by Crippen LogP contribution is 2.30. The first-order chi connectivity index (χ1) is 7.09. The molecule has 0 aromatic carbocycles. The van der Waals surface area contributed by atoms with Crippen molar-refractivity contribution in [3.63, 3.8) is 0 Å². The normalized spacial score (nSPS) is 14.3. The van der Waals surface area contributed by atoms with Crippen molar-refractivity contribution in [2.45, 2.75) is 54.1 Å². The molecule has 0 radical (unpaired) electrons. The van der Waals surface area contributed by atoms with Gasteiger partial charge in [-0.3, -0.25) is 9.59 Å². The van der Waals surface area contributed by atoms with Gasteiger partial charge in [0.2, 0.25) is 5.78 Å². The first-order valence-electron chi connectivity index (χ1n) is 5.84. The molecule has 0 saturated carbocycles. The lowest BCUT2D eigenvalue weighted by Crippen LogP contribution is -2.37. The molecule has 0 rings (SSSR count). The summed E-state index contributed by atoms with van der Waals surface area (Å²) in [5.74, 6) is -0.903. The van der Waals surface area contributed by atoms with Gasteiger partial charge in [-0.25, -0.2) is 0 Å². The summed E-state index contributed by atoms with van der Waals surface area (Å²) in [6, 6.07) is 0. The standard InChI is InChI=1S/C13H24O3/c1-8(2)11(15)10(14)7-13(5,6)12(16)9(3)4/h8-9,12,16H,7H2,1-6H3. The maximum absolute atomic E-state index is 11.7. The Bertz CT molecular complexity index is 264. The highest BCUT2D eigenvalue weighted by atomic mass is 16.3. The van der Waals surface area contributed by atoms with E-state index in [1.54, 1.807) is 13.8 Å². The second-order valence-corrected chi connectivity index (χ2v) is 5.80. The van der Waals surface area contributed by atoms with E-state index >= 15 is 0 Å². The summed E-state index contributed by atoms with van der Waals surface area (Å²) in [7, 11) is 0. The Hall–Kier alpha value is -0.700. The number of carbonyl (C=O) groups is 2. The van der Waals surface area contributed by atoms with Crippen LogP contribution < -0.4 is 0 Å². The van der Waals surface area contributed by atoms with E-state index in [4.69, 9.17) is 0 Å². The Kier molecular flexibility index (Phi) is 5.33. The van der Waals surface area contributed by atoms with Crippen LogP contribution in [-0.4, -0.2) is 22.8 Å². The Balaban J connectivity index is 4.60. The van der Waals surface area contributed by atoms with Crippen LogP contribution in [-0.2, 0) is 9.59 Å². The summed E-state index contributed by atoms with van der Waals surface area (Å²) in [5, 5.41) is 9.96. The molecule has 0 aliphatic rings. The molecule has 16 heavy (non-hydrogen) atoms. The smallest absolute Gasteiger partial charge is 0.200 e. The molecule has 3 nitrogen and oxygen atoms in total. The Morgan fingerprint density at radius 1 is 1.12 bits per heavy atom. The van der Waals surface area contributed by atoms with Crippen LogP contribution in [0.3, 0.4) is 0 Å². The van der Waals surface area contributed by atoms with Gasteiger partial charge in [-0.1, -0.05) is 41.5 Å². The summed E-state index contributed by atoms with van der Waals surface area (Å²) >= 11 is 0. The third-order valence-electron chi connectivity index (χ3n) is 2.85. The van der Waals surface area contributed by atoms with Crippen LogP contribution >= 0.6 is 0 Å². The maximum atomic E-state index is 11.7. The van der Waals surface area contributed by atoms with Gasteiger partial charge < -0.3 is 5.11 Å². The molecule has 0 aliphatic carbocycles. The largest absolute Gasteiger partial charge is 0.392 e. The van der Waals surface area contributed by atoms with Crippen LogP contribution in [0.15, 0.2) is 0 Å². The number of Topliss-reactive ketones (excluding diaryl/α,β-unsaturated/α-hetero) is 2. The van der Waals surface area contributed by atoms with Crippen LogP contribution in [0, 0.1) is 17.3 Å². The molecule has 1 N–H and O–H groups in total. The monoisotopic (exact) mass is 228 g/mol. The summed E-state index contributed by atoms with van der Waals surface area (Å²) < 4.78 is 0. The van der Waals surface area contributed by atoms with Crippen LogP contribution in [0.4, 0.5) is 0 Å². The lowest BCUT2D eigenvalue weighted by molar-refractivity contribution is -0.140. The zero-order valence-electron chi connectivity index (χ0n) is 11.2. The van der Waals surface area contributed by atoms with Crippen LogP contribution in [0.1, 0.15) is 48.0 Å². The van der Waals surface area contributed by atoms with Crippen molar-refractivity contribution in [2.75, 3.05) is 0 Å². The molecule has 1 atom stereocenters. The van der Waals surface area contributed by atoms with Gasteiger partial charge in [0.05, 0.1) is 6.10 Å². The fraction of sp³-hybridized carbons (Fsp3) is 0.846. The molecular weight excluding hydrogens is 204 g/mol. The molecule has 3 heteroatoms. The summed E-state index contributed by atoms with van der Waals surface area (Å²) in [4.78, 5) is 23.1. The Labute approximate surface area is 98.2 Å². The first kappa shape index (κ1) is 15.3. The van der Waals surface area contributed by atoms with Crippen molar-refractivity contribution < 1.29 is 14.7 Å². The second kappa shape index (κ2) is 5.58. The van der Waals surface area contributed by atoms with Crippen LogP contribution in [0.25, 0.3) is 0 Å². The van der Waals surface area contributed by atoms with Gasteiger partial charge in [-0.15, -0.1) is 0 Å². The number of aliphatic hydroxyl groups excluding tert-OH is 1. The third-order valence-corrected chi connectivity index (χ3v) is 2.85. The second-order valence-electron chi connectivity index (χ2n) is 5.80. The maximum Gasteiger partial charge on any atom is 0.200 e. The molecule has 0 aromatic heterocycles. The summed E-state index contributed by atoms with van der Waals surface area (Å²) in [6.45, 7) is 10.9. The van der Waals surface area contributed by atoms with Gasteiger partial charge >= 0.3 is 0 Å². The van der Waals surface area contributed by atoms with E-state index in [-0.39, 0.29) is 29.8 Å². The fourth-order valence-corrected chi connectivity index (χ4v) is 1.83. The minimum absolute atomic E-state index is 0.0805. The van der Waals surface area contributed by atoms with Gasteiger partial charge in [0.25, 0.3) is 0 Å². The molecule has 0 saturated heterocycles. The molecular formula is C13H24O3. The van der Waals surface area contributed by atoms with Crippen molar-refractivity contribution >= 4 is 11.6 Å². The van der Waals surface area contributed by atoms with Gasteiger partial charge in [0.1, 0.15) is 0 Å². The number of ketones is 2.